The lowest BCUT2D eigenvalue weighted by Gasteiger charge is -2.39. The van der Waals surface area contributed by atoms with Gasteiger partial charge in [-0.3, -0.25) is 4.79 Å². The summed E-state index contributed by atoms with van der Waals surface area (Å²) in [4.78, 5) is 28.1. The van der Waals surface area contributed by atoms with Crippen LogP contribution in [0.4, 0.5) is 14.6 Å². The summed E-state index contributed by atoms with van der Waals surface area (Å²) < 4.78 is 26.7. The Labute approximate surface area is 182 Å². The molecule has 2 aliphatic rings. The number of likely N-dealkylation sites (tertiary alicyclic amines) is 1. The Morgan fingerprint density at radius 3 is 2.69 bits per heavy atom. The molecule has 0 unspecified atom stereocenters. The van der Waals surface area contributed by atoms with Crippen LogP contribution >= 0.6 is 0 Å². The molecule has 2 saturated heterocycles. The summed E-state index contributed by atoms with van der Waals surface area (Å²) in [7, 11) is 1.63. The fourth-order valence-electron chi connectivity index (χ4n) is 3.88. The van der Waals surface area contributed by atoms with E-state index in [1.807, 2.05) is 6.07 Å². The monoisotopic (exact) mass is 435 g/mol. The number of carbonyl (C=O) groups is 1. The highest BCUT2D eigenvalue weighted by atomic mass is 19.3. The molecule has 7 nitrogen and oxygen atoms in total. The molecule has 5 rings (SSSR count). The molecule has 3 aromatic rings. The summed E-state index contributed by atoms with van der Waals surface area (Å²) in [5, 5.41) is 10.5. The maximum Gasteiger partial charge on any atom is 0.282 e. The van der Waals surface area contributed by atoms with Gasteiger partial charge in [0.25, 0.3) is 11.8 Å². The fourth-order valence-corrected chi connectivity index (χ4v) is 3.88. The first-order valence-corrected chi connectivity index (χ1v) is 10.1. The molecule has 2 aliphatic heterocycles. The van der Waals surface area contributed by atoms with Crippen molar-refractivity contribution < 1.29 is 18.7 Å². The van der Waals surface area contributed by atoms with E-state index >= 15 is 0 Å². The highest BCUT2D eigenvalue weighted by Gasteiger charge is 2.45. The molecule has 0 radical (unpaired) electrons. The van der Waals surface area contributed by atoms with Crippen LogP contribution in [0.1, 0.15) is 12.0 Å². The van der Waals surface area contributed by atoms with Crippen molar-refractivity contribution in [2.75, 3.05) is 31.6 Å². The summed E-state index contributed by atoms with van der Waals surface area (Å²) >= 11 is 0. The topological polar surface area (TPSA) is 82.4 Å². The molecule has 1 N–H and O–H groups in total. The Balaban J connectivity index is 1.48. The normalized spacial score (nSPS) is 21.9. The number of anilines is 1. The zero-order chi connectivity index (χ0) is 22.5. The van der Waals surface area contributed by atoms with Crippen molar-refractivity contribution >= 4 is 22.8 Å². The minimum Gasteiger partial charge on any atom is -0.369 e. The lowest BCUT2D eigenvalue weighted by atomic mass is 10.0. The second kappa shape index (κ2) is 7.21. The third-order valence-corrected chi connectivity index (χ3v) is 5.69. The van der Waals surface area contributed by atoms with Crippen LogP contribution in [-0.4, -0.2) is 69.1 Å². The third kappa shape index (κ3) is 3.52. The predicted molar refractivity (Wildman–Crippen MR) is 114 cm³/mol. The molecule has 2 aromatic heterocycles. The van der Waals surface area contributed by atoms with E-state index in [-0.39, 0.29) is 6.42 Å². The summed E-state index contributed by atoms with van der Waals surface area (Å²) in [5.74, 6) is 2.85. The molecular formula is C23H19F2N5O2. The van der Waals surface area contributed by atoms with Crippen LogP contribution in [0, 0.1) is 11.8 Å². The van der Waals surface area contributed by atoms with E-state index in [2.05, 4.69) is 26.8 Å². The highest BCUT2D eigenvalue weighted by molar-refractivity contribution is 5.90. The number of halogens is 2. The minimum atomic E-state index is -2.72. The smallest absolute Gasteiger partial charge is 0.282 e. The molecule has 4 heterocycles. The van der Waals surface area contributed by atoms with Crippen molar-refractivity contribution in [3.05, 3.63) is 48.3 Å². The number of likely N-dealkylation sites (N-methyl/N-ethyl adjacent to an activating group) is 1. The fraction of sp³-hybridized carbons (Fsp3) is 0.304. The van der Waals surface area contributed by atoms with Gasteiger partial charge in [0.2, 0.25) is 5.60 Å². The second-order valence-electron chi connectivity index (χ2n) is 8.14. The number of benzene rings is 1. The Morgan fingerprint density at radius 2 is 1.97 bits per heavy atom. The average Bonchev–Trinajstić information content (AvgIpc) is 3.03. The zero-order valence-corrected chi connectivity index (χ0v) is 17.2. The Morgan fingerprint density at radius 1 is 1.16 bits per heavy atom. The highest BCUT2D eigenvalue weighted by Crippen LogP contribution is 2.34. The lowest BCUT2D eigenvalue weighted by molar-refractivity contribution is -0.137. The molecule has 1 atom stereocenters. The van der Waals surface area contributed by atoms with Crippen LogP contribution in [0.2, 0.25) is 0 Å². The first-order chi connectivity index (χ1) is 15.2. The van der Waals surface area contributed by atoms with E-state index in [9.17, 15) is 18.7 Å². The minimum absolute atomic E-state index is 0.263. The van der Waals surface area contributed by atoms with Gasteiger partial charge in [-0.05, 0) is 24.3 Å². The quantitative estimate of drug-likeness (QED) is 0.621. The van der Waals surface area contributed by atoms with Crippen molar-refractivity contribution in [2.24, 2.45) is 0 Å². The molecule has 0 bridgehead atoms. The number of alkyl halides is 2. The summed E-state index contributed by atoms with van der Waals surface area (Å²) in [6.45, 7) is -0.335. The van der Waals surface area contributed by atoms with Gasteiger partial charge >= 0.3 is 0 Å². The van der Waals surface area contributed by atoms with Gasteiger partial charge in [-0.1, -0.05) is 24.0 Å². The number of nitrogens with zero attached hydrogens (tertiary/aromatic N) is 5. The predicted octanol–water partition coefficient (Wildman–Crippen LogP) is 2.09. The molecule has 1 amide bonds. The number of amides is 1. The van der Waals surface area contributed by atoms with Crippen LogP contribution in [0.15, 0.2) is 42.7 Å². The molecule has 0 saturated carbocycles. The Bertz CT molecular complexity index is 1290. The molecule has 2 fully saturated rings. The number of hydrogen-bond donors (Lipinski definition) is 1. The van der Waals surface area contributed by atoms with Gasteiger partial charge < -0.3 is 14.9 Å². The van der Waals surface area contributed by atoms with Gasteiger partial charge in [0, 0.05) is 31.1 Å². The Hall–Kier alpha value is -3.64. The lowest BCUT2D eigenvalue weighted by Crippen LogP contribution is -2.56. The van der Waals surface area contributed by atoms with Gasteiger partial charge in [-0.25, -0.2) is 23.7 Å². The third-order valence-electron chi connectivity index (χ3n) is 5.69. The molecule has 0 spiro atoms. The SMILES string of the molecule is CN1CC[C@@](O)(C#Cc2cccc(-c3ccc4ncnc(N5CC(F)(F)C5)c4n3)c2)C1=O. The van der Waals surface area contributed by atoms with Crippen molar-refractivity contribution in [1.82, 2.24) is 19.9 Å². The van der Waals surface area contributed by atoms with Gasteiger partial charge in [0.1, 0.15) is 11.8 Å². The standard InChI is InChI=1S/C23H19F2N5O2/c1-29-10-9-22(32,21(29)31)8-7-15-3-2-4-16(11-15)17-5-6-18-19(28-17)20(27-14-26-18)30-12-23(24,25)13-30/h2-6,11,14,32H,9-10,12-13H2,1H3/t22-/m0/s1. The molecule has 0 aliphatic carbocycles. The largest absolute Gasteiger partial charge is 0.369 e. The maximum absolute atomic E-state index is 13.4. The summed E-state index contributed by atoms with van der Waals surface area (Å²) in [6, 6.07) is 10.8. The number of carbonyl (C=O) groups excluding carboxylic acids is 1. The molecular weight excluding hydrogens is 416 g/mol. The van der Waals surface area contributed by atoms with E-state index in [4.69, 9.17) is 0 Å². The van der Waals surface area contributed by atoms with Crippen LogP contribution in [0.3, 0.4) is 0 Å². The van der Waals surface area contributed by atoms with Crippen molar-refractivity contribution in [1.29, 1.82) is 0 Å². The molecule has 162 valence electrons. The average molecular weight is 435 g/mol. The second-order valence-corrected chi connectivity index (χ2v) is 8.14. The Kier molecular flexibility index (Phi) is 4.57. The van der Waals surface area contributed by atoms with Crippen molar-refractivity contribution in [2.45, 2.75) is 17.9 Å². The molecule has 32 heavy (non-hydrogen) atoms. The van der Waals surface area contributed by atoms with Gasteiger partial charge in [-0.15, -0.1) is 0 Å². The molecule has 1 aromatic carbocycles. The zero-order valence-electron chi connectivity index (χ0n) is 17.2. The van der Waals surface area contributed by atoms with E-state index < -0.39 is 30.5 Å². The summed E-state index contributed by atoms with van der Waals surface area (Å²) in [5.41, 5.74) is 1.33. The van der Waals surface area contributed by atoms with E-state index in [0.29, 0.717) is 34.7 Å². The van der Waals surface area contributed by atoms with Crippen molar-refractivity contribution in [3.8, 4) is 23.1 Å². The van der Waals surface area contributed by atoms with Crippen molar-refractivity contribution in [3.63, 3.8) is 0 Å². The molecule has 9 heteroatoms. The maximum atomic E-state index is 13.4. The number of pyridine rings is 1. The van der Waals surface area contributed by atoms with E-state index in [0.717, 1.165) is 5.56 Å². The number of rotatable bonds is 2. The number of fused-ring (bicyclic) bond motifs is 1. The van der Waals surface area contributed by atoms with Gasteiger partial charge in [-0.2, -0.15) is 0 Å². The van der Waals surface area contributed by atoms with Crippen LogP contribution < -0.4 is 4.90 Å². The first kappa shape index (κ1) is 20.3. The van der Waals surface area contributed by atoms with Crippen LogP contribution in [0.5, 0.6) is 0 Å². The first-order valence-electron chi connectivity index (χ1n) is 10.1. The van der Waals surface area contributed by atoms with E-state index in [1.54, 1.807) is 37.4 Å². The van der Waals surface area contributed by atoms with Crippen LogP contribution in [0.25, 0.3) is 22.3 Å². The van der Waals surface area contributed by atoms with Crippen LogP contribution in [-0.2, 0) is 4.79 Å². The van der Waals surface area contributed by atoms with E-state index in [1.165, 1.54) is 16.1 Å². The number of aliphatic hydroxyl groups is 1. The van der Waals surface area contributed by atoms with Gasteiger partial charge in [0.15, 0.2) is 5.82 Å². The number of hydrogen-bond acceptors (Lipinski definition) is 6. The van der Waals surface area contributed by atoms with Gasteiger partial charge in [0.05, 0.1) is 24.3 Å². The summed E-state index contributed by atoms with van der Waals surface area (Å²) in [6.07, 6.45) is 1.61. The number of aromatic nitrogens is 3.